The Bertz CT molecular complexity index is 1450. The van der Waals surface area contributed by atoms with Gasteiger partial charge in [0.1, 0.15) is 5.82 Å². The molecule has 0 unspecified atom stereocenters. The van der Waals surface area contributed by atoms with E-state index < -0.39 is 17.5 Å². The molecule has 0 radical (unpaired) electrons. The van der Waals surface area contributed by atoms with Crippen LogP contribution < -0.4 is 0 Å². The molecule has 1 aliphatic rings. The summed E-state index contributed by atoms with van der Waals surface area (Å²) in [7, 11) is 1.65. The number of halogens is 1. The minimum Gasteiger partial charge on any atom is -0.360 e. The third kappa shape index (κ3) is 3.84. The first-order valence-electron chi connectivity index (χ1n) is 11.1. The van der Waals surface area contributed by atoms with Crippen molar-refractivity contribution in [3.05, 3.63) is 65.6 Å². The van der Waals surface area contributed by atoms with E-state index in [9.17, 15) is 18.8 Å². The van der Waals surface area contributed by atoms with Crippen LogP contribution in [0.25, 0.3) is 22.3 Å². The molecule has 1 saturated heterocycles. The van der Waals surface area contributed by atoms with Crippen LogP contribution in [-0.4, -0.2) is 78.3 Å². The Morgan fingerprint density at radius 2 is 1.86 bits per heavy atom. The van der Waals surface area contributed by atoms with Gasteiger partial charge in [-0.1, -0.05) is 18.2 Å². The third-order valence-corrected chi connectivity index (χ3v) is 6.28. The first-order chi connectivity index (χ1) is 16.9. The fraction of sp³-hybridized carbons (Fsp3) is 0.250. The Hall–Kier alpha value is -4.41. The molecule has 0 saturated carbocycles. The lowest BCUT2D eigenvalue weighted by Gasteiger charge is -2.39. The first kappa shape index (κ1) is 22.4. The van der Waals surface area contributed by atoms with Crippen LogP contribution in [0.3, 0.4) is 0 Å². The van der Waals surface area contributed by atoms with Crippen LogP contribution in [0.4, 0.5) is 4.39 Å². The molecule has 1 N–H and O–H groups in total. The molecule has 1 aliphatic heterocycles. The molecule has 0 aliphatic carbocycles. The number of H-pyrrole nitrogens is 1. The summed E-state index contributed by atoms with van der Waals surface area (Å²) in [6, 6.07) is 11.3. The second-order valence-electron chi connectivity index (χ2n) is 8.47. The van der Waals surface area contributed by atoms with Crippen molar-refractivity contribution in [1.82, 2.24) is 35.0 Å². The third-order valence-electron chi connectivity index (χ3n) is 6.28. The smallest absolute Gasteiger partial charge is 0.295 e. The standard InChI is InChI=1S/C24H22FN7O3/c1-14-13-31(23(34)15-6-4-3-5-7-15)10-11-32(14)24(35)21(33)17-12-26-20-16(8-9-18(25)19(17)20)22-27-28-29-30(22)2/h3-9,12,14,26H,10-11,13H2,1-2H3/t14-/m1/s1. The van der Waals surface area contributed by atoms with Gasteiger partial charge in [0.05, 0.1) is 11.1 Å². The van der Waals surface area contributed by atoms with E-state index in [0.29, 0.717) is 29.0 Å². The van der Waals surface area contributed by atoms with Crippen LogP contribution in [-0.2, 0) is 11.8 Å². The van der Waals surface area contributed by atoms with E-state index in [2.05, 4.69) is 20.5 Å². The van der Waals surface area contributed by atoms with Crippen LogP contribution in [0.15, 0.2) is 48.7 Å². The van der Waals surface area contributed by atoms with Crippen molar-refractivity contribution in [1.29, 1.82) is 0 Å². The zero-order valence-corrected chi connectivity index (χ0v) is 19.1. The quantitative estimate of drug-likeness (QED) is 0.357. The fourth-order valence-corrected chi connectivity index (χ4v) is 4.48. The van der Waals surface area contributed by atoms with Gasteiger partial charge in [0, 0.05) is 55.4 Å². The van der Waals surface area contributed by atoms with Crippen molar-refractivity contribution in [2.24, 2.45) is 7.05 Å². The minimum atomic E-state index is -0.821. The zero-order chi connectivity index (χ0) is 24.7. The molecular weight excluding hydrogens is 453 g/mol. The second kappa shape index (κ2) is 8.75. The summed E-state index contributed by atoms with van der Waals surface area (Å²) >= 11 is 0. The number of amides is 2. The number of carbonyl (C=O) groups is 3. The number of aromatic amines is 1. The van der Waals surface area contributed by atoms with Gasteiger partial charge in [-0.05, 0) is 41.6 Å². The van der Waals surface area contributed by atoms with Crippen molar-refractivity contribution in [3.63, 3.8) is 0 Å². The maximum Gasteiger partial charge on any atom is 0.295 e. The molecule has 4 aromatic rings. The molecule has 2 aromatic heterocycles. The summed E-state index contributed by atoms with van der Waals surface area (Å²) in [6.07, 6.45) is 1.33. The number of hydrogen-bond donors (Lipinski definition) is 1. The van der Waals surface area contributed by atoms with E-state index in [4.69, 9.17) is 0 Å². The average Bonchev–Trinajstić information content (AvgIpc) is 3.51. The number of piperazine rings is 1. The predicted molar refractivity (Wildman–Crippen MR) is 124 cm³/mol. The Balaban J connectivity index is 1.38. The average molecular weight is 475 g/mol. The van der Waals surface area contributed by atoms with Crippen LogP contribution in [0.2, 0.25) is 0 Å². The lowest BCUT2D eigenvalue weighted by molar-refractivity contribution is -0.130. The lowest BCUT2D eigenvalue weighted by atomic mass is 10.0. The van der Waals surface area contributed by atoms with Gasteiger partial charge in [-0.3, -0.25) is 14.4 Å². The van der Waals surface area contributed by atoms with Gasteiger partial charge in [0.15, 0.2) is 5.82 Å². The molecule has 5 rings (SSSR count). The lowest BCUT2D eigenvalue weighted by Crippen LogP contribution is -2.56. The van der Waals surface area contributed by atoms with Gasteiger partial charge in [-0.15, -0.1) is 5.10 Å². The molecule has 1 atom stereocenters. The van der Waals surface area contributed by atoms with Gasteiger partial charge < -0.3 is 14.8 Å². The number of aromatic nitrogens is 5. The largest absolute Gasteiger partial charge is 0.360 e. The van der Waals surface area contributed by atoms with Crippen molar-refractivity contribution in [2.75, 3.05) is 19.6 Å². The fourth-order valence-electron chi connectivity index (χ4n) is 4.48. The molecule has 35 heavy (non-hydrogen) atoms. The van der Waals surface area contributed by atoms with E-state index in [1.165, 1.54) is 27.9 Å². The molecule has 10 nitrogen and oxygen atoms in total. The van der Waals surface area contributed by atoms with Crippen LogP contribution in [0.5, 0.6) is 0 Å². The normalized spacial score (nSPS) is 16.0. The number of tetrazole rings is 1. The van der Waals surface area contributed by atoms with Crippen LogP contribution >= 0.6 is 0 Å². The van der Waals surface area contributed by atoms with Gasteiger partial charge in [0.25, 0.3) is 17.6 Å². The maximum absolute atomic E-state index is 14.8. The van der Waals surface area contributed by atoms with Gasteiger partial charge in [-0.2, -0.15) is 0 Å². The number of fused-ring (bicyclic) bond motifs is 1. The summed E-state index contributed by atoms with van der Waals surface area (Å²) in [5, 5.41) is 11.4. The van der Waals surface area contributed by atoms with Crippen molar-refractivity contribution < 1.29 is 18.8 Å². The van der Waals surface area contributed by atoms with E-state index in [0.717, 1.165) is 0 Å². The van der Waals surface area contributed by atoms with E-state index >= 15 is 0 Å². The molecule has 0 bridgehead atoms. The summed E-state index contributed by atoms with van der Waals surface area (Å²) in [6.45, 7) is 2.57. The Labute approximate surface area is 199 Å². The van der Waals surface area contributed by atoms with Gasteiger partial charge in [-0.25, -0.2) is 9.07 Å². The van der Waals surface area contributed by atoms with E-state index in [1.54, 1.807) is 43.1 Å². The first-order valence-corrected chi connectivity index (χ1v) is 11.1. The van der Waals surface area contributed by atoms with Gasteiger partial charge >= 0.3 is 0 Å². The SMILES string of the molecule is C[C@@H]1CN(C(=O)c2ccccc2)CCN1C(=O)C(=O)c1c[nH]c2c(-c3nnnn3C)ccc(F)c12. The summed E-state index contributed by atoms with van der Waals surface area (Å²) in [4.78, 5) is 45.2. The molecule has 1 fully saturated rings. The monoisotopic (exact) mass is 475 g/mol. The summed E-state index contributed by atoms with van der Waals surface area (Å²) in [5.74, 6) is -1.94. The highest BCUT2D eigenvalue weighted by molar-refractivity contribution is 6.45. The Morgan fingerprint density at radius 3 is 2.54 bits per heavy atom. The molecule has 11 heteroatoms. The Kier molecular flexibility index (Phi) is 5.59. The Morgan fingerprint density at radius 1 is 1.09 bits per heavy atom. The van der Waals surface area contributed by atoms with Gasteiger partial charge in [0.2, 0.25) is 0 Å². The number of benzene rings is 2. The predicted octanol–water partition coefficient (Wildman–Crippen LogP) is 2.05. The molecule has 2 amide bonds. The van der Waals surface area contributed by atoms with Crippen molar-refractivity contribution in [2.45, 2.75) is 13.0 Å². The van der Waals surface area contributed by atoms with Crippen molar-refractivity contribution >= 4 is 28.5 Å². The highest BCUT2D eigenvalue weighted by Crippen LogP contribution is 2.31. The zero-order valence-electron chi connectivity index (χ0n) is 19.1. The highest BCUT2D eigenvalue weighted by atomic mass is 19.1. The number of rotatable bonds is 4. The van der Waals surface area contributed by atoms with Crippen molar-refractivity contribution in [3.8, 4) is 11.4 Å². The molecule has 178 valence electrons. The number of carbonyl (C=O) groups excluding carboxylic acids is 3. The number of hydrogen-bond acceptors (Lipinski definition) is 6. The molecular formula is C24H22FN7O3. The topological polar surface area (TPSA) is 117 Å². The number of ketones is 1. The summed E-state index contributed by atoms with van der Waals surface area (Å²) < 4.78 is 16.3. The summed E-state index contributed by atoms with van der Waals surface area (Å²) in [5.41, 5.74) is 1.33. The number of aryl methyl sites for hydroxylation is 1. The number of Topliss-reactive ketones (excluding diaryl/α,β-unsaturated/α-hetero) is 1. The second-order valence-corrected chi connectivity index (χ2v) is 8.47. The maximum atomic E-state index is 14.8. The number of nitrogens with one attached hydrogen (secondary N) is 1. The highest BCUT2D eigenvalue weighted by Gasteiger charge is 2.35. The molecule has 0 spiro atoms. The molecule has 3 heterocycles. The van der Waals surface area contributed by atoms with E-state index in [1.807, 2.05) is 6.07 Å². The van der Waals surface area contributed by atoms with E-state index in [-0.39, 0.29) is 36.0 Å². The van der Waals surface area contributed by atoms with Crippen LogP contribution in [0.1, 0.15) is 27.6 Å². The molecule has 2 aromatic carbocycles. The number of nitrogens with zero attached hydrogens (tertiary/aromatic N) is 6. The minimum absolute atomic E-state index is 0.00870. The van der Waals surface area contributed by atoms with Crippen LogP contribution in [0, 0.1) is 5.82 Å².